The summed E-state index contributed by atoms with van der Waals surface area (Å²) >= 11 is 5.99. The summed E-state index contributed by atoms with van der Waals surface area (Å²) in [6, 6.07) is 0. The molecule has 0 spiro atoms. The van der Waals surface area contributed by atoms with Gasteiger partial charge in [0.1, 0.15) is 5.76 Å². The van der Waals surface area contributed by atoms with E-state index in [1.54, 1.807) is 6.39 Å². The molecular formula is C17H24ClNO. The molecule has 1 aromatic rings. The van der Waals surface area contributed by atoms with Gasteiger partial charge in [0.05, 0.1) is 11.6 Å². The first-order valence-corrected chi connectivity index (χ1v) is 8.44. The van der Waals surface area contributed by atoms with E-state index in [-0.39, 0.29) is 0 Å². The third-order valence-electron chi connectivity index (χ3n) is 6.13. The Bertz CT molecular complexity index is 519. The molecule has 4 aliphatic carbocycles. The summed E-state index contributed by atoms with van der Waals surface area (Å²) < 4.78 is 5.66. The lowest BCUT2D eigenvalue weighted by molar-refractivity contribution is -0.145. The van der Waals surface area contributed by atoms with Crippen LogP contribution in [0.25, 0.3) is 0 Å². The third-order valence-corrected chi connectivity index (χ3v) is 6.38. The summed E-state index contributed by atoms with van der Waals surface area (Å²) in [6.07, 6.45) is 11.1. The van der Waals surface area contributed by atoms with Gasteiger partial charge in [0.15, 0.2) is 6.39 Å². The summed E-state index contributed by atoms with van der Waals surface area (Å²) in [5.74, 6) is 2.46. The lowest BCUT2D eigenvalue weighted by Gasteiger charge is -2.65. The van der Waals surface area contributed by atoms with Gasteiger partial charge in [-0.2, -0.15) is 0 Å². The standard InChI is InChI=1S/C17H24ClNO/c1-15-3-12-4-16(2,8-15)10-17(5-12,9-15)6-14-13(7-18)19-11-20-14/h11-12H,3-10H2,1-2H3. The average molecular weight is 294 g/mol. The van der Waals surface area contributed by atoms with Crippen molar-refractivity contribution in [2.24, 2.45) is 22.2 Å². The van der Waals surface area contributed by atoms with Gasteiger partial charge in [-0.15, -0.1) is 11.6 Å². The Labute approximate surface area is 126 Å². The second-order valence-electron chi connectivity index (χ2n) is 8.66. The molecule has 4 bridgehead atoms. The number of rotatable bonds is 3. The van der Waals surface area contributed by atoms with Crippen molar-refractivity contribution in [3.63, 3.8) is 0 Å². The molecule has 4 aliphatic rings. The van der Waals surface area contributed by atoms with E-state index in [0.29, 0.717) is 22.1 Å². The van der Waals surface area contributed by atoms with Crippen molar-refractivity contribution in [1.29, 1.82) is 0 Å². The van der Waals surface area contributed by atoms with Gasteiger partial charge in [0.2, 0.25) is 0 Å². The van der Waals surface area contributed by atoms with Gasteiger partial charge in [-0.1, -0.05) is 13.8 Å². The predicted octanol–water partition coefficient (Wildman–Crippen LogP) is 4.95. The molecule has 20 heavy (non-hydrogen) atoms. The zero-order chi connectivity index (χ0) is 14.0. The first kappa shape index (κ1) is 13.2. The highest BCUT2D eigenvalue weighted by molar-refractivity contribution is 6.16. The fraction of sp³-hybridized carbons (Fsp3) is 0.824. The molecule has 110 valence electrons. The van der Waals surface area contributed by atoms with Gasteiger partial charge >= 0.3 is 0 Å². The molecule has 0 radical (unpaired) electrons. The molecule has 0 amide bonds. The summed E-state index contributed by atoms with van der Waals surface area (Å²) in [4.78, 5) is 4.27. The number of hydrogen-bond acceptors (Lipinski definition) is 2. The van der Waals surface area contributed by atoms with Gasteiger partial charge < -0.3 is 4.42 Å². The molecule has 0 N–H and O–H groups in total. The number of hydrogen-bond donors (Lipinski definition) is 0. The molecule has 2 nitrogen and oxygen atoms in total. The molecule has 0 saturated heterocycles. The van der Waals surface area contributed by atoms with Gasteiger partial charge in [-0.25, -0.2) is 4.98 Å². The van der Waals surface area contributed by atoms with Crippen molar-refractivity contribution in [3.8, 4) is 0 Å². The van der Waals surface area contributed by atoms with Crippen molar-refractivity contribution in [1.82, 2.24) is 4.98 Å². The smallest absolute Gasteiger partial charge is 0.181 e. The van der Waals surface area contributed by atoms with Crippen LogP contribution in [0.2, 0.25) is 0 Å². The van der Waals surface area contributed by atoms with Crippen LogP contribution >= 0.6 is 11.6 Å². The van der Waals surface area contributed by atoms with E-state index < -0.39 is 0 Å². The molecule has 4 fully saturated rings. The topological polar surface area (TPSA) is 26.0 Å². The number of oxazole rings is 1. The summed E-state index contributed by atoms with van der Waals surface area (Å²) in [5, 5.41) is 0. The third kappa shape index (κ3) is 1.94. The fourth-order valence-corrected chi connectivity index (χ4v) is 6.99. The van der Waals surface area contributed by atoms with E-state index in [0.717, 1.165) is 23.8 Å². The lowest BCUT2D eigenvalue weighted by Crippen LogP contribution is -2.55. The largest absolute Gasteiger partial charge is 0.448 e. The van der Waals surface area contributed by atoms with Crippen LogP contribution in [0.3, 0.4) is 0 Å². The summed E-state index contributed by atoms with van der Waals surface area (Å²) in [6.45, 7) is 5.04. The van der Waals surface area contributed by atoms with Crippen LogP contribution in [0.4, 0.5) is 0 Å². The van der Waals surface area contributed by atoms with Gasteiger partial charge in [-0.3, -0.25) is 0 Å². The van der Waals surface area contributed by atoms with Crippen LogP contribution in [0.15, 0.2) is 10.8 Å². The maximum Gasteiger partial charge on any atom is 0.181 e. The minimum atomic E-state index is 0.448. The van der Waals surface area contributed by atoms with E-state index in [1.807, 2.05) is 0 Å². The number of halogens is 1. The van der Waals surface area contributed by atoms with E-state index in [9.17, 15) is 0 Å². The average Bonchev–Trinajstić information content (AvgIpc) is 2.70. The van der Waals surface area contributed by atoms with E-state index in [1.165, 1.54) is 38.5 Å². The second kappa shape index (κ2) is 4.03. The Hall–Kier alpha value is -0.500. The van der Waals surface area contributed by atoms with Gasteiger partial charge in [-0.05, 0) is 60.7 Å². The van der Waals surface area contributed by atoms with Crippen LogP contribution in [0.5, 0.6) is 0 Å². The van der Waals surface area contributed by atoms with E-state index >= 15 is 0 Å². The molecular weight excluding hydrogens is 270 g/mol. The minimum Gasteiger partial charge on any atom is -0.448 e. The number of nitrogens with zero attached hydrogens (tertiary/aromatic N) is 1. The Morgan fingerprint density at radius 2 is 1.90 bits per heavy atom. The number of aromatic nitrogens is 1. The predicted molar refractivity (Wildman–Crippen MR) is 79.6 cm³/mol. The van der Waals surface area contributed by atoms with E-state index in [2.05, 4.69) is 18.8 Å². The van der Waals surface area contributed by atoms with Crippen molar-refractivity contribution in [2.45, 2.75) is 64.7 Å². The zero-order valence-electron chi connectivity index (χ0n) is 12.5. The molecule has 0 aromatic carbocycles. The maximum absolute atomic E-state index is 5.99. The van der Waals surface area contributed by atoms with Crippen LogP contribution in [-0.2, 0) is 12.3 Å². The van der Waals surface area contributed by atoms with Crippen LogP contribution < -0.4 is 0 Å². The Morgan fingerprint density at radius 3 is 2.50 bits per heavy atom. The van der Waals surface area contributed by atoms with Crippen LogP contribution in [-0.4, -0.2) is 4.98 Å². The molecule has 4 saturated carbocycles. The van der Waals surface area contributed by atoms with Gasteiger partial charge in [0.25, 0.3) is 0 Å². The van der Waals surface area contributed by atoms with Crippen molar-refractivity contribution >= 4 is 11.6 Å². The van der Waals surface area contributed by atoms with E-state index in [4.69, 9.17) is 16.0 Å². The molecule has 2 unspecified atom stereocenters. The Morgan fingerprint density at radius 1 is 1.20 bits per heavy atom. The number of alkyl halides is 1. The molecule has 0 aliphatic heterocycles. The van der Waals surface area contributed by atoms with Gasteiger partial charge in [0, 0.05) is 6.42 Å². The first-order valence-electron chi connectivity index (χ1n) is 7.91. The summed E-state index contributed by atoms with van der Waals surface area (Å²) in [7, 11) is 0. The fourth-order valence-electron chi connectivity index (χ4n) is 6.77. The van der Waals surface area contributed by atoms with Crippen molar-refractivity contribution in [3.05, 3.63) is 17.8 Å². The molecule has 2 atom stereocenters. The first-order chi connectivity index (χ1) is 9.43. The van der Waals surface area contributed by atoms with Crippen LogP contribution in [0.1, 0.15) is 63.8 Å². The van der Waals surface area contributed by atoms with Crippen molar-refractivity contribution < 1.29 is 4.42 Å². The molecule has 1 heterocycles. The zero-order valence-corrected chi connectivity index (χ0v) is 13.3. The quantitative estimate of drug-likeness (QED) is 0.737. The highest BCUT2D eigenvalue weighted by atomic mass is 35.5. The Kier molecular flexibility index (Phi) is 2.66. The summed E-state index contributed by atoms with van der Waals surface area (Å²) in [5.41, 5.74) is 2.53. The maximum atomic E-state index is 5.99. The SMILES string of the molecule is CC12CC3CC(C)(C1)CC(Cc1ocnc1CCl)(C3)C2. The highest BCUT2D eigenvalue weighted by Crippen LogP contribution is 2.70. The Balaban J connectivity index is 1.67. The highest BCUT2D eigenvalue weighted by Gasteiger charge is 2.60. The van der Waals surface area contributed by atoms with Crippen LogP contribution in [0, 0.1) is 22.2 Å². The monoisotopic (exact) mass is 293 g/mol. The normalized spacial score (nSPS) is 46.0. The lowest BCUT2D eigenvalue weighted by atomic mass is 9.40. The van der Waals surface area contributed by atoms with Crippen molar-refractivity contribution in [2.75, 3.05) is 0 Å². The molecule has 1 aromatic heterocycles. The molecule has 3 heteroatoms. The minimum absolute atomic E-state index is 0.448. The second-order valence-corrected chi connectivity index (χ2v) is 8.93. The molecule has 5 rings (SSSR count).